The van der Waals surface area contributed by atoms with Crippen LogP contribution in [-0.4, -0.2) is 21.7 Å². The van der Waals surface area contributed by atoms with Crippen molar-refractivity contribution in [1.82, 2.24) is 4.90 Å². The molecule has 2 aromatic rings. The van der Waals surface area contributed by atoms with Gasteiger partial charge in [-0.25, -0.2) is 0 Å². The zero-order chi connectivity index (χ0) is 17.3. The second-order valence-corrected chi connectivity index (χ2v) is 6.05. The van der Waals surface area contributed by atoms with Crippen LogP contribution in [0.1, 0.15) is 29.7 Å². The molecule has 24 heavy (non-hydrogen) atoms. The lowest BCUT2D eigenvalue weighted by Crippen LogP contribution is -2.30. The lowest BCUT2D eigenvalue weighted by atomic mass is 9.96. The van der Waals surface area contributed by atoms with Gasteiger partial charge in [0.2, 0.25) is 0 Å². The first kappa shape index (κ1) is 16.0. The number of nitrogens with zero attached hydrogens (tertiary/aromatic N) is 1. The Morgan fingerprint density at radius 2 is 1.71 bits per heavy atom. The summed E-state index contributed by atoms with van der Waals surface area (Å²) in [4.78, 5) is 26.1. The highest BCUT2D eigenvalue weighted by atomic mass is 16.3. The second kappa shape index (κ2) is 6.32. The number of carbonyl (C=O) groups excluding carboxylic acids is 2. The molecule has 0 spiro atoms. The predicted octanol–water partition coefficient (Wildman–Crippen LogP) is 3.48. The molecule has 2 aromatic carbocycles. The molecule has 1 aliphatic heterocycles. The molecule has 1 N–H and O–H groups in total. The van der Waals surface area contributed by atoms with Crippen LogP contribution in [0.25, 0.3) is 0 Å². The fourth-order valence-corrected chi connectivity index (χ4v) is 3.05. The zero-order valence-corrected chi connectivity index (χ0v) is 13.7. The fraction of sp³-hybridized carbons (Fsp3) is 0.200. The Balaban J connectivity index is 2.02. The van der Waals surface area contributed by atoms with Crippen LogP contribution >= 0.6 is 0 Å². The molecule has 0 radical (unpaired) electrons. The minimum atomic E-state index is -0.558. The Morgan fingerprint density at radius 1 is 1.08 bits per heavy atom. The molecule has 1 atom stereocenters. The van der Waals surface area contributed by atoms with Gasteiger partial charge in [-0.2, -0.15) is 0 Å². The molecule has 0 aliphatic carbocycles. The first-order valence-corrected chi connectivity index (χ1v) is 7.84. The van der Waals surface area contributed by atoms with Crippen LogP contribution in [0.2, 0.25) is 0 Å². The molecule has 1 unspecified atom stereocenters. The van der Waals surface area contributed by atoms with E-state index in [1.807, 2.05) is 61.5 Å². The third-order valence-electron chi connectivity index (χ3n) is 4.27. The van der Waals surface area contributed by atoms with E-state index in [4.69, 9.17) is 0 Å². The van der Waals surface area contributed by atoms with Gasteiger partial charge in [0.25, 0.3) is 5.91 Å². The first-order chi connectivity index (χ1) is 11.5. The van der Waals surface area contributed by atoms with Crippen LogP contribution in [0.15, 0.2) is 65.9 Å². The van der Waals surface area contributed by atoms with Crippen molar-refractivity contribution in [3.8, 4) is 0 Å². The summed E-state index contributed by atoms with van der Waals surface area (Å²) in [5.41, 5.74) is 3.06. The Morgan fingerprint density at radius 3 is 2.29 bits per heavy atom. The lowest BCUT2D eigenvalue weighted by molar-refractivity contribution is -0.130. The highest BCUT2D eigenvalue weighted by molar-refractivity contribution is 6.08. The smallest absolute Gasteiger partial charge is 0.290 e. The molecule has 0 saturated carbocycles. The largest absolute Gasteiger partial charge is 0.503 e. The van der Waals surface area contributed by atoms with Crippen LogP contribution < -0.4 is 0 Å². The van der Waals surface area contributed by atoms with Crippen molar-refractivity contribution in [2.75, 3.05) is 0 Å². The summed E-state index contributed by atoms with van der Waals surface area (Å²) in [7, 11) is 0. The van der Waals surface area contributed by atoms with E-state index in [2.05, 4.69) is 0 Å². The number of hydrogen-bond acceptors (Lipinski definition) is 3. The number of Topliss-reactive ketones (excluding diaryl/α,β-unsaturated/α-hetero) is 1. The van der Waals surface area contributed by atoms with Gasteiger partial charge >= 0.3 is 0 Å². The third kappa shape index (κ3) is 2.83. The number of benzene rings is 2. The molecule has 4 nitrogen and oxygen atoms in total. The maximum Gasteiger partial charge on any atom is 0.290 e. The van der Waals surface area contributed by atoms with E-state index in [0.717, 1.165) is 16.7 Å². The molecular formula is C20H19NO3. The second-order valence-electron chi connectivity index (χ2n) is 6.05. The number of aliphatic hydroxyl groups excluding tert-OH is 1. The van der Waals surface area contributed by atoms with Crippen molar-refractivity contribution in [3.05, 3.63) is 82.6 Å². The van der Waals surface area contributed by atoms with E-state index in [0.29, 0.717) is 6.54 Å². The number of carbonyl (C=O) groups is 2. The molecule has 0 aromatic heterocycles. The standard InChI is InChI=1S/C20H19NO3/c1-13-8-10-15(11-9-13)12-21-18(16-6-4-3-5-7-16)17(14(2)22)19(23)20(21)24/h3-11,18,23H,12H2,1-2H3. The number of ketones is 1. The van der Waals surface area contributed by atoms with Crippen molar-refractivity contribution in [2.24, 2.45) is 0 Å². The summed E-state index contributed by atoms with van der Waals surface area (Å²) >= 11 is 0. The van der Waals surface area contributed by atoms with E-state index in [1.165, 1.54) is 6.92 Å². The Labute approximate surface area is 141 Å². The minimum absolute atomic E-state index is 0.165. The van der Waals surface area contributed by atoms with Crippen molar-refractivity contribution in [2.45, 2.75) is 26.4 Å². The van der Waals surface area contributed by atoms with Crippen LogP contribution in [0.3, 0.4) is 0 Å². The maximum absolute atomic E-state index is 12.5. The third-order valence-corrected chi connectivity index (χ3v) is 4.27. The van der Waals surface area contributed by atoms with E-state index in [-0.39, 0.29) is 11.4 Å². The summed E-state index contributed by atoms with van der Waals surface area (Å²) in [6, 6.07) is 16.6. The Kier molecular flexibility index (Phi) is 4.21. The SMILES string of the molecule is CC(=O)C1=C(O)C(=O)N(Cc2ccc(C)cc2)C1c1ccccc1. The predicted molar refractivity (Wildman–Crippen MR) is 91.2 cm³/mol. The number of aliphatic hydroxyl groups is 1. The van der Waals surface area contributed by atoms with Gasteiger partial charge in [0.05, 0.1) is 11.6 Å². The molecule has 0 fully saturated rings. The number of amides is 1. The quantitative estimate of drug-likeness (QED) is 0.938. The summed E-state index contributed by atoms with van der Waals surface area (Å²) in [6.45, 7) is 3.71. The van der Waals surface area contributed by atoms with Gasteiger partial charge in [-0.15, -0.1) is 0 Å². The number of hydrogen-bond donors (Lipinski definition) is 1. The summed E-state index contributed by atoms with van der Waals surface area (Å²) < 4.78 is 0. The van der Waals surface area contributed by atoms with Gasteiger partial charge in [-0.05, 0) is 25.0 Å². The Bertz CT molecular complexity index is 807. The molecule has 122 valence electrons. The van der Waals surface area contributed by atoms with Gasteiger partial charge in [0, 0.05) is 6.54 Å². The van der Waals surface area contributed by atoms with Crippen LogP contribution in [0, 0.1) is 6.92 Å². The van der Waals surface area contributed by atoms with Crippen molar-refractivity contribution >= 4 is 11.7 Å². The highest BCUT2D eigenvalue weighted by Gasteiger charge is 2.42. The Hall–Kier alpha value is -2.88. The highest BCUT2D eigenvalue weighted by Crippen LogP contribution is 2.38. The van der Waals surface area contributed by atoms with Gasteiger partial charge in [-0.1, -0.05) is 60.2 Å². The summed E-state index contributed by atoms with van der Waals surface area (Å²) in [6.07, 6.45) is 0. The van der Waals surface area contributed by atoms with E-state index in [1.54, 1.807) is 4.90 Å². The van der Waals surface area contributed by atoms with Gasteiger partial charge in [0.1, 0.15) is 0 Å². The molecule has 1 heterocycles. The molecule has 1 aliphatic rings. The van der Waals surface area contributed by atoms with Crippen molar-refractivity contribution in [1.29, 1.82) is 0 Å². The lowest BCUT2D eigenvalue weighted by Gasteiger charge is -2.26. The average Bonchev–Trinajstić information content (AvgIpc) is 2.82. The van der Waals surface area contributed by atoms with Gasteiger partial charge in [0.15, 0.2) is 11.5 Å². The molecule has 3 rings (SSSR count). The molecule has 1 amide bonds. The molecular weight excluding hydrogens is 302 g/mol. The van der Waals surface area contributed by atoms with E-state index < -0.39 is 17.7 Å². The van der Waals surface area contributed by atoms with Crippen LogP contribution in [0.4, 0.5) is 0 Å². The molecule has 0 bridgehead atoms. The molecule has 4 heteroatoms. The fourth-order valence-electron chi connectivity index (χ4n) is 3.05. The van der Waals surface area contributed by atoms with Crippen LogP contribution in [0.5, 0.6) is 0 Å². The van der Waals surface area contributed by atoms with Gasteiger partial charge in [-0.3, -0.25) is 9.59 Å². The number of rotatable bonds is 4. The van der Waals surface area contributed by atoms with Crippen molar-refractivity contribution in [3.63, 3.8) is 0 Å². The monoisotopic (exact) mass is 321 g/mol. The average molecular weight is 321 g/mol. The topological polar surface area (TPSA) is 57.6 Å². The van der Waals surface area contributed by atoms with E-state index in [9.17, 15) is 14.7 Å². The normalized spacial score (nSPS) is 17.5. The van der Waals surface area contributed by atoms with Crippen LogP contribution in [-0.2, 0) is 16.1 Å². The van der Waals surface area contributed by atoms with Gasteiger partial charge < -0.3 is 10.0 Å². The van der Waals surface area contributed by atoms with E-state index >= 15 is 0 Å². The first-order valence-electron chi connectivity index (χ1n) is 7.84. The zero-order valence-electron chi connectivity index (χ0n) is 13.7. The summed E-state index contributed by atoms with van der Waals surface area (Å²) in [5.74, 6) is -1.24. The summed E-state index contributed by atoms with van der Waals surface area (Å²) in [5, 5.41) is 10.2. The maximum atomic E-state index is 12.5. The number of aryl methyl sites for hydroxylation is 1. The molecule has 0 saturated heterocycles. The minimum Gasteiger partial charge on any atom is -0.503 e. The van der Waals surface area contributed by atoms with Crippen molar-refractivity contribution < 1.29 is 14.7 Å².